The lowest BCUT2D eigenvalue weighted by atomic mass is 10.2. The van der Waals surface area contributed by atoms with Crippen molar-refractivity contribution in [1.29, 1.82) is 0 Å². The minimum absolute atomic E-state index is 0.241. The van der Waals surface area contributed by atoms with Gasteiger partial charge in [0.1, 0.15) is 11.3 Å². The Hall–Kier alpha value is -1.82. The van der Waals surface area contributed by atoms with Crippen LogP contribution in [0.5, 0.6) is 5.75 Å². The number of benzene rings is 2. The maximum absolute atomic E-state index is 12.3. The van der Waals surface area contributed by atoms with Gasteiger partial charge in [-0.15, -0.1) is 0 Å². The van der Waals surface area contributed by atoms with Gasteiger partial charge in [0.2, 0.25) is 0 Å². The number of hydrogen-bond donors (Lipinski definition) is 1. The van der Waals surface area contributed by atoms with Crippen LogP contribution in [-0.2, 0) is 0 Å². The van der Waals surface area contributed by atoms with Crippen molar-refractivity contribution in [2.45, 2.75) is 6.92 Å². The van der Waals surface area contributed by atoms with Gasteiger partial charge in [0.05, 0.1) is 16.3 Å². The number of carbonyl (C=O) groups excluding carboxylic acids is 1. The number of halogens is 2. The first-order chi connectivity index (χ1) is 11.1. The molecule has 3 rings (SSSR count). The van der Waals surface area contributed by atoms with Crippen molar-refractivity contribution in [2.75, 3.05) is 11.9 Å². The summed E-state index contributed by atoms with van der Waals surface area (Å²) in [4.78, 5) is 16.6. The number of carbonyl (C=O) groups is 1. The SMILES string of the molecule is CCOc1ccc(C(=O)Nc2nc3c(Cl)cc(Cl)cc3s2)cc1. The molecule has 4 nitrogen and oxygen atoms in total. The van der Waals surface area contributed by atoms with Crippen molar-refractivity contribution < 1.29 is 9.53 Å². The van der Waals surface area contributed by atoms with Crippen LogP contribution in [0, 0.1) is 0 Å². The van der Waals surface area contributed by atoms with Gasteiger partial charge in [-0.3, -0.25) is 10.1 Å². The van der Waals surface area contributed by atoms with E-state index in [1.165, 1.54) is 11.3 Å². The highest BCUT2D eigenvalue weighted by molar-refractivity contribution is 7.22. The first kappa shape index (κ1) is 16.1. The van der Waals surface area contributed by atoms with Gasteiger partial charge in [0.15, 0.2) is 5.13 Å². The highest BCUT2D eigenvalue weighted by Gasteiger charge is 2.12. The minimum Gasteiger partial charge on any atom is -0.494 e. The van der Waals surface area contributed by atoms with Gasteiger partial charge in [-0.05, 0) is 43.3 Å². The van der Waals surface area contributed by atoms with E-state index in [1.54, 1.807) is 36.4 Å². The molecule has 0 bridgehead atoms. The van der Waals surface area contributed by atoms with Crippen LogP contribution in [0.15, 0.2) is 36.4 Å². The summed E-state index contributed by atoms with van der Waals surface area (Å²) in [6, 6.07) is 10.3. The molecule has 1 amide bonds. The van der Waals surface area contributed by atoms with Crippen LogP contribution >= 0.6 is 34.5 Å². The topological polar surface area (TPSA) is 51.2 Å². The lowest BCUT2D eigenvalue weighted by Crippen LogP contribution is -2.11. The van der Waals surface area contributed by atoms with Crippen molar-refractivity contribution in [3.8, 4) is 5.75 Å². The molecule has 0 unspecified atom stereocenters. The average Bonchev–Trinajstić information content (AvgIpc) is 2.91. The second-order valence-corrected chi connectivity index (χ2v) is 6.54. The zero-order chi connectivity index (χ0) is 16.4. The van der Waals surface area contributed by atoms with Crippen LogP contribution in [0.3, 0.4) is 0 Å². The highest BCUT2D eigenvalue weighted by atomic mass is 35.5. The summed E-state index contributed by atoms with van der Waals surface area (Å²) >= 11 is 13.4. The van der Waals surface area contributed by atoms with Gasteiger partial charge in [0.25, 0.3) is 5.91 Å². The summed E-state index contributed by atoms with van der Waals surface area (Å²) < 4.78 is 6.18. The number of amides is 1. The van der Waals surface area contributed by atoms with Crippen molar-refractivity contribution in [3.63, 3.8) is 0 Å². The smallest absolute Gasteiger partial charge is 0.257 e. The zero-order valence-electron chi connectivity index (χ0n) is 12.1. The fourth-order valence-electron chi connectivity index (χ4n) is 2.05. The van der Waals surface area contributed by atoms with Crippen LogP contribution < -0.4 is 10.1 Å². The minimum atomic E-state index is -0.241. The number of nitrogens with zero attached hydrogens (tertiary/aromatic N) is 1. The van der Waals surface area contributed by atoms with Gasteiger partial charge in [-0.25, -0.2) is 4.98 Å². The second-order valence-electron chi connectivity index (χ2n) is 4.66. The molecule has 118 valence electrons. The number of anilines is 1. The second kappa shape index (κ2) is 6.74. The van der Waals surface area contributed by atoms with Crippen LogP contribution in [0.25, 0.3) is 10.2 Å². The molecule has 1 heterocycles. The Bertz CT molecular complexity index is 862. The predicted octanol–water partition coefficient (Wildman–Crippen LogP) is 5.25. The Morgan fingerprint density at radius 2 is 2.00 bits per heavy atom. The molecule has 0 aliphatic carbocycles. The molecule has 0 spiro atoms. The fourth-order valence-corrected chi connectivity index (χ4v) is 3.63. The van der Waals surface area contributed by atoms with Gasteiger partial charge in [-0.2, -0.15) is 0 Å². The number of aromatic nitrogens is 1. The van der Waals surface area contributed by atoms with E-state index in [2.05, 4.69) is 10.3 Å². The van der Waals surface area contributed by atoms with E-state index in [4.69, 9.17) is 27.9 Å². The van der Waals surface area contributed by atoms with Crippen LogP contribution in [-0.4, -0.2) is 17.5 Å². The third kappa shape index (κ3) is 3.58. The van der Waals surface area contributed by atoms with Crippen molar-refractivity contribution in [3.05, 3.63) is 52.0 Å². The molecule has 0 saturated heterocycles. The van der Waals surface area contributed by atoms with Crippen LogP contribution in [0.1, 0.15) is 17.3 Å². The van der Waals surface area contributed by atoms with E-state index in [1.807, 2.05) is 6.92 Å². The van der Waals surface area contributed by atoms with E-state index >= 15 is 0 Å². The molecule has 1 aromatic heterocycles. The standard InChI is InChI=1S/C16H12Cl2N2O2S/c1-2-22-11-5-3-9(4-6-11)15(21)20-16-19-14-12(18)7-10(17)8-13(14)23-16/h3-8H,2H2,1H3,(H,19,20,21). The molecule has 0 radical (unpaired) electrons. The predicted molar refractivity (Wildman–Crippen MR) is 95.2 cm³/mol. The molecular weight excluding hydrogens is 355 g/mol. The summed E-state index contributed by atoms with van der Waals surface area (Å²) in [5.41, 5.74) is 1.15. The fraction of sp³-hybridized carbons (Fsp3) is 0.125. The number of fused-ring (bicyclic) bond motifs is 1. The summed E-state index contributed by atoms with van der Waals surface area (Å²) in [7, 11) is 0. The molecule has 0 aliphatic heterocycles. The van der Waals surface area contributed by atoms with Crippen LogP contribution in [0.2, 0.25) is 10.0 Å². The summed E-state index contributed by atoms with van der Waals surface area (Å²) in [6.07, 6.45) is 0. The Balaban J connectivity index is 1.81. The molecule has 23 heavy (non-hydrogen) atoms. The maximum Gasteiger partial charge on any atom is 0.257 e. The van der Waals surface area contributed by atoms with Crippen LogP contribution in [0.4, 0.5) is 5.13 Å². The van der Waals surface area contributed by atoms with Gasteiger partial charge in [0, 0.05) is 10.6 Å². The highest BCUT2D eigenvalue weighted by Crippen LogP contribution is 2.33. The molecule has 0 saturated carbocycles. The number of nitrogens with one attached hydrogen (secondary N) is 1. The first-order valence-corrected chi connectivity index (χ1v) is 8.44. The van der Waals surface area contributed by atoms with Crippen molar-refractivity contribution >= 4 is 55.8 Å². The first-order valence-electron chi connectivity index (χ1n) is 6.86. The average molecular weight is 367 g/mol. The Kier molecular flexibility index (Phi) is 4.71. The molecule has 0 atom stereocenters. The Morgan fingerprint density at radius 3 is 2.70 bits per heavy atom. The third-order valence-corrected chi connectivity index (χ3v) is 4.49. The van der Waals surface area contributed by atoms with E-state index in [9.17, 15) is 4.79 Å². The normalized spacial score (nSPS) is 10.7. The number of rotatable bonds is 4. The summed E-state index contributed by atoms with van der Waals surface area (Å²) in [5.74, 6) is 0.486. The molecule has 1 N–H and O–H groups in total. The number of thiazole rings is 1. The van der Waals surface area contributed by atoms with E-state index < -0.39 is 0 Å². The van der Waals surface area contributed by atoms with E-state index in [0.29, 0.717) is 32.9 Å². The lowest BCUT2D eigenvalue weighted by molar-refractivity contribution is 0.102. The number of hydrogen-bond acceptors (Lipinski definition) is 4. The molecule has 2 aromatic carbocycles. The Labute approximate surface area is 147 Å². The zero-order valence-corrected chi connectivity index (χ0v) is 14.4. The molecule has 3 aromatic rings. The monoisotopic (exact) mass is 366 g/mol. The van der Waals surface area contributed by atoms with Gasteiger partial charge in [-0.1, -0.05) is 34.5 Å². The largest absolute Gasteiger partial charge is 0.494 e. The molecule has 7 heteroatoms. The van der Waals surface area contributed by atoms with E-state index in [-0.39, 0.29) is 5.91 Å². The van der Waals surface area contributed by atoms with Gasteiger partial charge < -0.3 is 4.74 Å². The quantitative estimate of drug-likeness (QED) is 0.685. The molecule has 0 aliphatic rings. The summed E-state index contributed by atoms with van der Waals surface area (Å²) in [6.45, 7) is 2.49. The molecular formula is C16H12Cl2N2O2S. The Morgan fingerprint density at radius 1 is 1.26 bits per heavy atom. The van der Waals surface area contributed by atoms with Crippen molar-refractivity contribution in [2.24, 2.45) is 0 Å². The summed E-state index contributed by atoms with van der Waals surface area (Å²) in [5, 5.41) is 4.25. The third-order valence-electron chi connectivity index (χ3n) is 3.06. The maximum atomic E-state index is 12.3. The van der Waals surface area contributed by atoms with Gasteiger partial charge >= 0.3 is 0 Å². The molecule has 0 fully saturated rings. The lowest BCUT2D eigenvalue weighted by Gasteiger charge is -2.04. The van der Waals surface area contributed by atoms with Crippen molar-refractivity contribution in [1.82, 2.24) is 4.98 Å². The van der Waals surface area contributed by atoms with E-state index in [0.717, 1.165) is 10.4 Å². The number of ether oxygens (including phenoxy) is 1.